The standard InChI is InChI=1S/C15H28N4/c1-5-12(2)15-11-19(13(3)10-16-15)9-7-14-6-8-17-18(14)4/h6,8,12-13,15-16H,5,7,9-11H2,1-4H3. The molecule has 1 aliphatic heterocycles. The number of piperazine rings is 1. The molecule has 2 heterocycles. The molecule has 1 aromatic heterocycles. The van der Waals surface area contributed by atoms with E-state index in [1.165, 1.54) is 18.7 Å². The van der Waals surface area contributed by atoms with E-state index in [4.69, 9.17) is 0 Å². The first kappa shape index (κ1) is 14.5. The van der Waals surface area contributed by atoms with Gasteiger partial charge in [0.25, 0.3) is 0 Å². The van der Waals surface area contributed by atoms with Crippen LogP contribution >= 0.6 is 0 Å². The van der Waals surface area contributed by atoms with Gasteiger partial charge in [0, 0.05) is 57.1 Å². The van der Waals surface area contributed by atoms with Crippen molar-refractivity contribution < 1.29 is 0 Å². The molecule has 3 atom stereocenters. The third-order valence-corrected chi connectivity index (χ3v) is 4.64. The quantitative estimate of drug-likeness (QED) is 0.878. The number of hydrogen-bond donors (Lipinski definition) is 1. The van der Waals surface area contributed by atoms with Gasteiger partial charge in [-0.3, -0.25) is 9.58 Å². The predicted octanol–water partition coefficient (Wildman–Crippen LogP) is 1.67. The molecule has 1 saturated heterocycles. The van der Waals surface area contributed by atoms with Crippen LogP contribution in [0.15, 0.2) is 12.3 Å². The zero-order valence-electron chi connectivity index (χ0n) is 12.8. The monoisotopic (exact) mass is 264 g/mol. The largest absolute Gasteiger partial charge is 0.311 e. The summed E-state index contributed by atoms with van der Waals surface area (Å²) in [6.45, 7) is 10.4. The van der Waals surface area contributed by atoms with Crippen molar-refractivity contribution in [1.29, 1.82) is 0 Å². The second kappa shape index (κ2) is 6.53. The normalized spacial score (nSPS) is 26.5. The number of rotatable bonds is 5. The Labute approximate surface area is 117 Å². The minimum atomic E-state index is 0.633. The lowest BCUT2D eigenvalue weighted by Gasteiger charge is -2.41. The summed E-state index contributed by atoms with van der Waals surface area (Å²) in [5.41, 5.74) is 1.32. The summed E-state index contributed by atoms with van der Waals surface area (Å²) in [5.74, 6) is 0.756. The van der Waals surface area contributed by atoms with Gasteiger partial charge in [-0.1, -0.05) is 20.3 Å². The van der Waals surface area contributed by atoms with Gasteiger partial charge in [-0.25, -0.2) is 0 Å². The van der Waals surface area contributed by atoms with Crippen molar-refractivity contribution in [2.75, 3.05) is 19.6 Å². The third-order valence-electron chi connectivity index (χ3n) is 4.64. The van der Waals surface area contributed by atoms with Gasteiger partial charge in [0.1, 0.15) is 0 Å². The average molecular weight is 264 g/mol. The van der Waals surface area contributed by atoms with Gasteiger partial charge in [0.2, 0.25) is 0 Å². The summed E-state index contributed by atoms with van der Waals surface area (Å²) >= 11 is 0. The number of nitrogens with one attached hydrogen (secondary N) is 1. The highest BCUT2D eigenvalue weighted by atomic mass is 15.3. The molecule has 2 rings (SSSR count). The fourth-order valence-electron chi connectivity index (χ4n) is 2.83. The predicted molar refractivity (Wildman–Crippen MR) is 79.2 cm³/mol. The molecule has 0 spiro atoms. The zero-order chi connectivity index (χ0) is 13.8. The SMILES string of the molecule is CCC(C)C1CN(CCc2ccnn2C)C(C)CN1. The topological polar surface area (TPSA) is 33.1 Å². The minimum Gasteiger partial charge on any atom is -0.311 e. The molecule has 1 aliphatic rings. The van der Waals surface area contributed by atoms with E-state index >= 15 is 0 Å². The van der Waals surface area contributed by atoms with Crippen molar-refractivity contribution in [3.05, 3.63) is 18.0 Å². The second-order valence-corrected chi connectivity index (χ2v) is 5.94. The highest BCUT2D eigenvalue weighted by molar-refractivity contribution is 5.01. The molecule has 0 bridgehead atoms. The Morgan fingerprint density at radius 1 is 1.53 bits per heavy atom. The van der Waals surface area contributed by atoms with Gasteiger partial charge in [0.05, 0.1) is 0 Å². The lowest BCUT2D eigenvalue weighted by molar-refractivity contribution is 0.119. The first-order valence-electron chi connectivity index (χ1n) is 7.56. The van der Waals surface area contributed by atoms with Crippen LogP contribution in [0.2, 0.25) is 0 Å². The lowest BCUT2D eigenvalue weighted by Crippen LogP contribution is -2.57. The second-order valence-electron chi connectivity index (χ2n) is 5.94. The molecule has 0 aromatic carbocycles. The molecule has 108 valence electrons. The van der Waals surface area contributed by atoms with Gasteiger partial charge >= 0.3 is 0 Å². The van der Waals surface area contributed by atoms with E-state index in [1.54, 1.807) is 0 Å². The van der Waals surface area contributed by atoms with Crippen LogP contribution in [0.5, 0.6) is 0 Å². The Balaban J connectivity index is 1.89. The van der Waals surface area contributed by atoms with Gasteiger partial charge in [-0.2, -0.15) is 5.10 Å². The summed E-state index contributed by atoms with van der Waals surface area (Å²) in [4.78, 5) is 2.63. The fourth-order valence-corrected chi connectivity index (χ4v) is 2.83. The van der Waals surface area contributed by atoms with Crippen molar-refractivity contribution in [3.8, 4) is 0 Å². The van der Waals surface area contributed by atoms with E-state index in [0.29, 0.717) is 12.1 Å². The first-order chi connectivity index (χ1) is 9.11. The third kappa shape index (κ3) is 3.57. The zero-order valence-corrected chi connectivity index (χ0v) is 12.8. The Kier molecular flexibility index (Phi) is 4.99. The highest BCUT2D eigenvalue weighted by Gasteiger charge is 2.27. The Morgan fingerprint density at radius 2 is 2.32 bits per heavy atom. The van der Waals surface area contributed by atoms with E-state index < -0.39 is 0 Å². The molecule has 3 unspecified atom stereocenters. The maximum absolute atomic E-state index is 4.24. The number of aromatic nitrogens is 2. The summed E-state index contributed by atoms with van der Waals surface area (Å²) in [6, 6.07) is 3.40. The highest BCUT2D eigenvalue weighted by Crippen LogP contribution is 2.16. The summed E-state index contributed by atoms with van der Waals surface area (Å²) in [7, 11) is 2.03. The van der Waals surface area contributed by atoms with Crippen molar-refractivity contribution in [2.24, 2.45) is 13.0 Å². The van der Waals surface area contributed by atoms with Crippen LogP contribution in [0, 0.1) is 5.92 Å². The number of nitrogens with zero attached hydrogens (tertiary/aromatic N) is 3. The first-order valence-corrected chi connectivity index (χ1v) is 7.56. The van der Waals surface area contributed by atoms with Crippen molar-refractivity contribution in [1.82, 2.24) is 20.0 Å². The van der Waals surface area contributed by atoms with Crippen LogP contribution in [-0.4, -0.2) is 46.4 Å². The van der Waals surface area contributed by atoms with E-state index in [-0.39, 0.29) is 0 Å². The smallest absolute Gasteiger partial charge is 0.0492 e. The molecule has 0 radical (unpaired) electrons. The fraction of sp³-hybridized carbons (Fsp3) is 0.800. The molecule has 1 aromatic rings. The molecule has 0 aliphatic carbocycles. The van der Waals surface area contributed by atoms with Crippen LogP contribution < -0.4 is 5.32 Å². The minimum absolute atomic E-state index is 0.633. The van der Waals surface area contributed by atoms with E-state index in [2.05, 4.69) is 42.2 Å². The van der Waals surface area contributed by atoms with E-state index in [1.807, 2.05) is 17.9 Å². The maximum Gasteiger partial charge on any atom is 0.0492 e. The van der Waals surface area contributed by atoms with Crippen LogP contribution in [0.25, 0.3) is 0 Å². The van der Waals surface area contributed by atoms with Gasteiger partial charge < -0.3 is 5.32 Å². The lowest BCUT2D eigenvalue weighted by atomic mass is 9.95. The molecule has 4 nitrogen and oxygen atoms in total. The maximum atomic E-state index is 4.24. The van der Waals surface area contributed by atoms with Gasteiger partial charge in [-0.15, -0.1) is 0 Å². The molecule has 1 N–H and O–H groups in total. The Bertz CT molecular complexity index is 387. The van der Waals surface area contributed by atoms with Crippen LogP contribution in [0.4, 0.5) is 0 Å². The van der Waals surface area contributed by atoms with Crippen molar-refractivity contribution in [3.63, 3.8) is 0 Å². The van der Waals surface area contributed by atoms with Crippen LogP contribution in [-0.2, 0) is 13.5 Å². The van der Waals surface area contributed by atoms with Crippen molar-refractivity contribution >= 4 is 0 Å². The molecular weight excluding hydrogens is 236 g/mol. The van der Waals surface area contributed by atoms with Crippen LogP contribution in [0.1, 0.15) is 32.9 Å². The Morgan fingerprint density at radius 3 is 2.95 bits per heavy atom. The average Bonchev–Trinajstić information content (AvgIpc) is 2.82. The molecular formula is C15H28N4. The number of hydrogen-bond acceptors (Lipinski definition) is 3. The summed E-state index contributed by atoms with van der Waals surface area (Å²) in [6.07, 6.45) is 4.23. The Hall–Kier alpha value is -0.870. The summed E-state index contributed by atoms with van der Waals surface area (Å²) in [5, 5.41) is 7.94. The van der Waals surface area contributed by atoms with Gasteiger partial charge in [0.15, 0.2) is 0 Å². The van der Waals surface area contributed by atoms with Crippen LogP contribution in [0.3, 0.4) is 0 Å². The van der Waals surface area contributed by atoms with Gasteiger partial charge in [-0.05, 0) is 18.9 Å². The molecule has 0 saturated carbocycles. The molecule has 1 fully saturated rings. The summed E-state index contributed by atoms with van der Waals surface area (Å²) < 4.78 is 1.99. The number of aryl methyl sites for hydroxylation is 1. The molecule has 0 amide bonds. The van der Waals surface area contributed by atoms with E-state index in [0.717, 1.165) is 25.4 Å². The van der Waals surface area contributed by atoms with E-state index in [9.17, 15) is 0 Å². The molecule has 19 heavy (non-hydrogen) atoms. The molecule has 4 heteroatoms. The van der Waals surface area contributed by atoms with Crippen molar-refractivity contribution in [2.45, 2.75) is 45.7 Å².